The van der Waals surface area contributed by atoms with Crippen LogP contribution in [0, 0.1) is 0 Å². The van der Waals surface area contributed by atoms with E-state index in [1.165, 1.54) is 32.9 Å². The zero-order chi connectivity index (χ0) is 32.6. The molecule has 0 N–H and O–H groups in total. The summed E-state index contributed by atoms with van der Waals surface area (Å²) in [7, 11) is 0. The molecule has 7 aromatic carbocycles. The van der Waals surface area contributed by atoms with Gasteiger partial charge in [0.25, 0.3) is 0 Å². The summed E-state index contributed by atoms with van der Waals surface area (Å²) in [6.45, 7) is 0. The molecule has 0 aliphatic heterocycles. The number of fused-ring (bicyclic) bond motifs is 3. The first-order valence-corrected chi connectivity index (χ1v) is 16.5. The third-order valence-corrected chi connectivity index (χ3v) is 9.08. The van der Waals surface area contributed by atoms with Gasteiger partial charge in [-0.1, -0.05) is 152 Å². The lowest BCUT2D eigenvalue weighted by molar-refractivity contribution is 1.07. The number of nitrogens with zero attached hydrogens (tertiary/aromatic N) is 4. The van der Waals surface area contributed by atoms with E-state index in [4.69, 9.17) is 15.0 Å². The first-order valence-electron chi connectivity index (χ1n) is 16.5. The summed E-state index contributed by atoms with van der Waals surface area (Å²) < 4.78 is 2.36. The van der Waals surface area contributed by atoms with Gasteiger partial charge in [0.2, 0.25) is 0 Å². The minimum atomic E-state index is 0.649. The monoisotopic (exact) mass is 626 g/mol. The standard InChI is InChI=1S/C45H30N4/c1-4-12-31(13-5-1)37-26-29-42-40(30-37)39-18-10-11-19-41(39)49(42)38-27-24-33(25-28-38)32-20-22-36(23-21-32)45-47-43(34-14-6-2-7-15-34)46-44(48-45)35-16-8-3-9-17-35/h1-30H. The third-order valence-electron chi connectivity index (χ3n) is 9.08. The smallest absolute Gasteiger partial charge is 0.164 e. The number of rotatable bonds is 6. The topological polar surface area (TPSA) is 43.6 Å². The third kappa shape index (κ3) is 5.35. The predicted octanol–water partition coefficient (Wildman–Crippen LogP) is 11.3. The van der Waals surface area contributed by atoms with Crippen LogP contribution < -0.4 is 0 Å². The Bertz CT molecular complexity index is 2500. The van der Waals surface area contributed by atoms with Crippen molar-refractivity contribution in [2.24, 2.45) is 0 Å². The molecule has 49 heavy (non-hydrogen) atoms. The number of hydrogen-bond acceptors (Lipinski definition) is 3. The Morgan fingerprint density at radius 1 is 0.286 bits per heavy atom. The number of benzene rings is 7. The van der Waals surface area contributed by atoms with E-state index in [2.05, 4.69) is 126 Å². The molecule has 0 saturated heterocycles. The van der Waals surface area contributed by atoms with Gasteiger partial charge >= 0.3 is 0 Å². The second-order valence-corrected chi connectivity index (χ2v) is 12.1. The van der Waals surface area contributed by atoms with E-state index < -0.39 is 0 Å². The summed E-state index contributed by atoms with van der Waals surface area (Å²) in [5, 5.41) is 2.50. The molecule has 9 rings (SSSR count). The van der Waals surface area contributed by atoms with Crippen LogP contribution >= 0.6 is 0 Å². The van der Waals surface area contributed by atoms with E-state index >= 15 is 0 Å². The Morgan fingerprint density at radius 2 is 0.673 bits per heavy atom. The van der Waals surface area contributed by atoms with Crippen molar-refractivity contribution >= 4 is 21.8 Å². The van der Waals surface area contributed by atoms with Gasteiger partial charge in [-0.3, -0.25) is 0 Å². The quantitative estimate of drug-likeness (QED) is 0.184. The highest BCUT2D eigenvalue weighted by Gasteiger charge is 2.15. The van der Waals surface area contributed by atoms with Gasteiger partial charge in [-0.25, -0.2) is 15.0 Å². The van der Waals surface area contributed by atoms with Gasteiger partial charge < -0.3 is 4.57 Å². The van der Waals surface area contributed by atoms with Gasteiger partial charge in [-0.2, -0.15) is 0 Å². The van der Waals surface area contributed by atoms with Crippen molar-refractivity contribution in [2.75, 3.05) is 0 Å². The second-order valence-electron chi connectivity index (χ2n) is 12.1. The average Bonchev–Trinajstić information content (AvgIpc) is 3.52. The lowest BCUT2D eigenvalue weighted by Gasteiger charge is -2.11. The van der Waals surface area contributed by atoms with Gasteiger partial charge in [0.1, 0.15) is 0 Å². The summed E-state index contributed by atoms with van der Waals surface area (Å²) in [6, 6.07) is 63.5. The van der Waals surface area contributed by atoms with Crippen molar-refractivity contribution in [3.8, 4) is 62.1 Å². The van der Waals surface area contributed by atoms with Crippen molar-refractivity contribution in [3.63, 3.8) is 0 Å². The van der Waals surface area contributed by atoms with Crippen molar-refractivity contribution in [3.05, 3.63) is 182 Å². The lowest BCUT2D eigenvalue weighted by Crippen LogP contribution is -2.00. The van der Waals surface area contributed by atoms with Gasteiger partial charge in [0.05, 0.1) is 11.0 Å². The maximum absolute atomic E-state index is 4.89. The second kappa shape index (κ2) is 12.2. The fraction of sp³-hybridized carbons (Fsp3) is 0. The van der Waals surface area contributed by atoms with Crippen LogP contribution in [0.2, 0.25) is 0 Å². The van der Waals surface area contributed by atoms with Gasteiger partial charge in [-0.05, 0) is 52.6 Å². The molecule has 2 aromatic heterocycles. The first-order chi connectivity index (χ1) is 24.3. The molecule has 0 aliphatic carbocycles. The van der Waals surface area contributed by atoms with E-state index in [1.807, 2.05) is 60.7 Å². The molecule has 0 unspecified atom stereocenters. The normalized spacial score (nSPS) is 11.3. The van der Waals surface area contributed by atoms with Crippen LogP contribution in [0.15, 0.2) is 182 Å². The molecule has 9 aromatic rings. The Morgan fingerprint density at radius 3 is 1.24 bits per heavy atom. The van der Waals surface area contributed by atoms with E-state index in [1.54, 1.807) is 0 Å². The Hall–Kier alpha value is -6.65. The van der Waals surface area contributed by atoms with E-state index in [9.17, 15) is 0 Å². The fourth-order valence-corrected chi connectivity index (χ4v) is 6.61. The zero-order valence-corrected chi connectivity index (χ0v) is 26.6. The SMILES string of the molecule is c1ccc(-c2ccc3c(c2)c2ccccc2n3-c2ccc(-c3ccc(-c4nc(-c5ccccc5)nc(-c5ccccc5)n4)cc3)cc2)cc1. The van der Waals surface area contributed by atoms with Crippen LogP contribution in [0.25, 0.3) is 83.9 Å². The highest BCUT2D eigenvalue weighted by molar-refractivity contribution is 6.10. The molecule has 0 fully saturated rings. The molecule has 4 nitrogen and oxygen atoms in total. The Labute approximate surface area is 284 Å². The van der Waals surface area contributed by atoms with Crippen LogP contribution in [0.4, 0.5) is 0 Å². The van der Waals surface area contributed by atoms with Crippen LogP contribution in [0.1, 0.15) is 0 Å². The molecule has 0 spiro atoms. The van der Waals surface area contributed by atoms with Crippen LogP contribution in [0.5, 0.6) is 0 Å². The lowest BCUT2D eigenvalue weighted by atomic mass is 10.0. The summed E-state index contributed by atoms with van der Waals surface area (Å²) in [5.41, 5.74) is 11.1. The van der Waals surface area contributed by atoms with Crippen LogP contribution in [-0.2, 0) is 0 Å². The zero-order valence-electron chi connectivity index (χ0n) is 26.6. The van der Waals surface area contributed by atoms with Crippen molar-refractivity contribution < 1.29 is 0 Å². The molecule has 0 radical (unpaired) electrons. The maximum atomic E-state index is 4.89. The molecule has 0 amide bonds. The molecule has 2 heterocycles. The van der Waals surface area contributed by atoms with E-state index in [-0.39, 0.29) is 0 Å². The molecule has 0 atom stereocenters. The summed E-state index contributed by atoms with van der Waals surface area (Å²) in [6.07, 6.45) is 0. The summed E-state index contributed by atoms with van der Waals surface area (Å²) in [5.74, 6) is 1.97. The Kier molecular flexibility index (Phi) is 7.10. The highest BCUT2D eigenvalue weighted by Crippen LogP contribution is 2.35. The first kappa shape index (κ1) is 28.6. The van der Waals surface area contributed by atoms with Crippen LogP contribution in [0.3, 0.4) is 0 Å². The largest absolute Gasteiger partial charge is 0.309 e. The predicted molar refractivity (Wildman–Crippen MR) is 201 cm³/mol. The summed E-state index contributed by atoms with van der Waals surface area (Å²) in [4.78, 5) is 14.6. The molecule has 0 bridgehead atoms. The molecule has 230 valence electrons. The minimum absolute atomic E-state index is 0.649. The fourth-order valence-electron chi connectivity index (χ4n) is 6.61. The highest BCUT2D eigenvalue weighted by atomic mass is 15.0. The average molecular weight is 627 g/mol. The minimum Gasteiger partial charge on any atom is -0.309 e. The van der Waals surface area contributed by atoms with Crippen molar-refractivity contribution in [1.82, 2.24) is 19.5 Å². The van der Waals surface area contributed by atoms with Gasteiger partial charge in [-0.15, -0.1) is 0 Å². The summed E-state index contributed by atoms with van der Waals surface area (Å²) >= 11 is 0. The van der Waals surface area contributed by atoms with Crippen LogP contribution in [-0.4, -0.2) is 19.5 Å². The van der Waals surface area contributed by atoms with Crippen molar-refractivity contribution in [1.29, 1.82) is 0 Å². The van der Waals surface area contributed by atoms with E-state index in [0.717, 1.165) is 33.5 Å². The molecule has 0 aliphatic rings. The van der Waals surface area contributed by atoms with Gasteiger partial charge in [0, 0.05) is 33.2 Å². The Balaban J connectivity index is 1.06. The molecule has 4 heteroatoms. The van der Waals surface area contributed by atoms with E-state index in [0.29, 0.717) is 17.5 Å². The van der Waals surface area contributed by atoms with Crippen molar-refractivity contribution in [2.45, 2.75) is 0 Å². The number of hydrogen-bond donors (Lipinski definition) is 0. The number of para-hydroxylation sites is 1. The molecular formula is C45H30N4. The molecule has 0 saturated carbocycles. The maximum Gasteiger partial charge on any atom is 0.164 e. The van der Waals surface area contributed by atoms with Gasteiger partial charge in [0.15, 0.2) is 17.5 Å². The number of aromatic nitrogens is 4. The molecular weight excluding hydrogens is 597 g/mol.